The molecule has 0 aliphatic heterocycles. The molecule has 0 rings (SSSR count). The zero-order valence-electron chi connectivity index (χ0n) is 13.1. The SMILES string of the molecule is CCCC(=O)NC(C=O)CCCCCCC(=O)C(C)C. The molecule has 0 aromatic carbocycles. The molecule has 0 aliphatic rings. The highest BCUT2D eigenvalue weighted by atomic mass is 16.2. The predicted molar refractivity (Wildman–Crippen MR) is 80.4 cm³/mol. The lowest BCUT2D eigenvalue weighted by Crippen LogP contribution is -2.35. The van der Waals surface area contributed by atoms with Crippen LogP contribution in [-0.2, 0) is 14.4 Å². The Hall–Kier alpha value is -1.19. The van der Waals surface area contributed by atoms with Crippen LogP contribution < -0.4 is 5.32 Å². The molecule has 0 aromatic heterocycles. The van der Waals surface area contributed by atoms with Crippen LogP contribution >= 0.6 is 0 Å². The van der Waals surface area contributed by atoms with Crippen LogP contribution in [0.5, 0.6) is 0 Å². The van der Waals surface area contributed by atoms with Gasteiger partial charge in [0.1, 0.15) is 12.1 Å². The fraction of sp³-hybridized carbons (Fsp3) is 0.812. The molecule has 0 saturated carbocycles. The summed E-state index contributed by atoms with van der Waals surface area (Å²) >= 11 is 0. The predicted octanol–water partition coefficient (Wildman–Crippen LogP) is 3.04. The molecular formula is C16H29NO3. The van der Waals surface area contributed by atoms with Gasteiger partial charge in [0.2, 0.25) is 5.91 Å². The van der Waals surface area contributed by atoms with Crippen molar-refractivity contribution in [3.63, 3.8) is 0 Å². The monoisotopic (exact) mass is 283 g/mol. The maximum atomic E-state index is 11.4. The van der Waals surface area contributed by atoms with Gasteiger partial charge in [0.25, 0.3) is 0 Å². The van der Waals surface area contributed by atoms with E-state index in [0.717, 1.165) is 38.4 Å². The Balaban J connectivity index is 3.63. The van der Waals surface area contributed by atoms with E-state index in [2.05, 4.69) is 5.32 Å². The van der Waals surface area contributed by atoms with Crippen molar-refractivity contribution in [3.05, 3.63) is 0 Å². The van der Waals surface area contributed by atoms with Crippen molar-refractivity contribution >= 4 is 18.0 Å². The summed E-state index contributed by atoms with van der Waals surface area (Å²) in [7, 11) is 0. The van der Waals surface area contributed by atoms with Gasteiger partial charge in [-0.15, -0.1) is 0 Å². The average molecular weight is 283 g/mol. The van der Waals surface area contributed by atoms with E-state index in [-0.39, 0.29) is 17.9 Å². The van der Waals surface area contributed by atoms with Crippen molar-refractivity contribution in [2.45, 2.75) is 78.2 Å². The van der Waals surface area contributed by atoms with Crippen LogP contribution in [0, 0.1) is 5.92 Å². The third-order valence-corrected chi connectivity index (χ3v) is 3.32. The maximum Gasteiger partial charge on any atom is 0.220 e. The molecule has 0 bridgehead atoms. The molecule has 4 heteroatoms. The zero-order chi connectivity index (χ0) is 15.4. The van der Waals surface area contributed by atoms with E-state index in [4.69, 9.17) is 0 Å². The molecule has 0 aliphatic carbocycles. The topological polar surface area (TPSA) is 63.2 Å². The molecule has 0 heterocycles. The Bertz CT molecular complexity index is 300. The third kappa shape index (κ3) is 9.70. The second kappa shape index (κ2) is 11.6. The minimum Gasteiger partial charge on any atom is -0.347 e. The number of ketones is 1. The summed E-state index contributed by atoms with van der Waals surface area (Å²) in [5.41, 5.74) is 0. The van der Waals surface area contributed by atoms with Crippen LogP contribution in [0.25, 0.3) is 0 Å². The van der Waals surface area contributed by atoms with Crippen LogP contribution in [-0.4, -0.2) is 24.0 Å². The largest absolute Gasteiger partial charge is 0.347 e. The Morgan fingerprint density at radius 2 is 1.70 bits per heavy atom. The molecular weight excluding hydrogens is 254 g/mol. The molecule has 1 amide bonds. The minimum atomic E-state index is -0.355. The van der Waals surface area contributed by atoms with Gasteiger partial charge in [-0.2, -0.15) is 0 Å². The number of carbonyl (C=O) groups is 3. The number of rotatable bonds is 12. The summed E-state index contributed by atoms with van der Waals surface area (Å²) < 4.78 is 0. The van der Waals surface area contributed by atoms with Crippen LogP contribution in [0.1, 0.15) is 72.1 Å². The number of amides is 1. The molecule has 0 aromatic rings. The molecule has 0 fully saturated rings. The van der Waals surface area contributed by atoms with Crippen LogP contribution in [0.15, 0.2) is 0 Å². The van der Waals surface area contributed by atoms with E-state index in [1.165, 1.54) is 0 Å². The van der Waals surface area contributed by atoms with Crippen molar-refractivity contribution in [2.24, 2.45) is 5.92 Å². The average Bonchev–Trinajstić information content (AvgIpc) is 2.40. The van der Waals surface area contributed by atoms with Crippen molar-refractivity contribution in [1.82, 2.24) is 5.32 Å². The highest BCUT2D eigenvalue weighted by molar-refractivity contribution is 5.80. The van der Waals surface area contributed by atoms with E-state index < -0.39 is 0 Å². The lowest BCUT2D eigenvalue weighted by atomic mass is 10.0. The molecule has 0 spiro atoms. The second-order valence-electron chi connectivity index (χ2n) is 5.63. The van der Waals surface area contributed by atoms with Gasteiger partial charge >= 0.3 is 0 Å². The van der Waals surface area contributed by atoms with Gasteiger partial charge in [-0.3, -0.25) is 9.59 Å². The van der Waals surface area contributed by atoms with Gasteiger partial charge in [0, 0.05) is 18.8 Å². The fourth-order valence-electron chi connectivity index (χ4n) is 1.99. The summed E-state index contributed by atoms with van der Waals surface area (Å²) in [6.07, 6.45) is 7.26. The lowest BCUT2D eigenvalue weighted by Gasteiger charge is -2.12. The van der Waals surface area contributed by atoms with Crippen LogP contribution in [0.4, 0.5) is 0 Å². The number of nitrogens with one attached hydrogen (secondary N) is 1. The van der Waals surface area contributed by atoms with Crippen molar-refractivity contribution in [3.8, 4) is 0 Å². The number of Topliss-reactive ketones (excluding diaryl/α,β-unsaturated/α-hetero) is 1. The van der Waals surface area contributed by atoms with Crippen molar-refractivity contribution in [1.29, 1.82) is 0 Å². The maximum absolute atomic E-state index is 11.4. The summed E-state index contributed by atoms with van der Waals surface area (Å²) in [5.74, 6) is 0.401. The fourth-order valence-corrected chi connectivity index (χ4v) is 1.99. The van der Waals surface area contributed by atoms with Gasteiger partial charge in [0.15, 0.2) is 0 Å². The van der Waals surface area contributed by atoms with E-state index in [9.17, 15) is 14.4 Å². The van der Waals surface area contributed by atoms with Gasteiger partial charge in [0.05, 0.1) is 6.04 Å². The third-order valence-electron chi connectivity index (χ3n) is 3.32. The Kier molecular flexibility index (Phi) is 10.9. The minimum absolute atomic E-state index is 0.0490. The van der Waals surface area contributed by atoms with E-state index in [0.29, 0.717) is 25.0 Å². The van der Waals surface area contributed by atoms with Gasteiger partial charge in [-0.25, -0.2) is 0 Å². The molecule has 1 atom stereocenters. The second-order valence-corrected chi connectivity index (χ2v) is 5.63. The van der Waals surface area contributed by atoms with Gasteiger partial charge in [-0.1, -0.05) is 40.0 Å². The summed E-state index contributed by atoms with van der Waals surface area (Å²) in [4.78, 5) is 33.7. The van der Waals surface area contributed by atoms with Crippen LogP contribution in [0.2, 0.25) is 0 Å². The van der Waals surface area contributed by atoms with Gasteiger partial charge in [-0.05, 0) is 19.3 Å². The quantitative estimate of drug-likeness (QED) is 0.442. The summed E-state index contributed by atoms with van der Waals surface area (Å²) in [5, 5.41) is 2.73. The summed E-state index contributed by atoms with van der Waals surface area (Å²) in [6.45, 7) is 5.79. The standard InChI is InChI=1S/C16H29NO3/c1-4-9-16(20)17-14(12-18)10-7-5-6-8-11-15(19)13(2)3/h12-14H,4-11H2,1-3H3,(H,17,20). The van der Waals surface area contributed by atoms with E-state index in [1.54, 1.807) is 0 Å². The number of aldehydes is 1. The normalized spacial score (nSPS) is 12.2. The number of hydrogen-bond acceptors (Lipinski definition) is 3. The Morgan fingerprint density at radius 3 is 2.25 bits per heavy atom. The highest BCUT2D eigenvalue weighted by Crippen LogP contribution is 2.09. The van der Waals surface area contributed by atoms with Crippen molar-refractivity contribution in [2.75, 3.05) is 0 Å². The molecule has 1 unspecified atom stereocenters. The molecule has 4 nitrogen and oxygen atoms in total. The Morgan fingerprint density at radius 1 is 1.05 bits per heavy atom. The van der Waals surface area contributed by atoms with Gasteiger partial charge < -0.3 is 10.1 Å². The molecule has 116 valence electrons. The van der Waals surface area contributed by atoms with Crippen LogP contribution in [0.3, 0.4) is 0 Å². The first-order valence-corrected chi connectivity index (χ1v) is 7.78. The Labute approximate surface area is 122 Å². The molecule has 1 N–H and O–H groups in total. The van der Waals surface area contributed by atoms with Crippen molar-refractivity contribution < 1.29 is 14.4 Å². The van der Waals surface area contributed by atoms with E-state index >= 15 is 0 Å². The first-order chi connectivity index (χ1) is 9.51. The number of hydrogen-bond donors (Lipinski definition) is 1. The van der Waals surface area contributed by atoms with E-state index in [1.807, 2.05) is 20.8 Å². The number of carbonyl (C=O) groups excluding carboxylic acids is 3. The summed E-state index contributed by atoms with van der Waals surface area (Å²) in [6, 6.07) is -0.355. The molecule has 0 radical (unpaired) electrons. The smallest absolute Gasteiger partial charge is 0.220 e. The molecule has 20 heavy (non-hydrogen) atoms. The lowest BCUT2D eigenvalue weighted by molar-refractivity contribution is -0.124. The zero-order valence-corrected chi connectivity index (χ0v) is 13.1. The highest BCUT2D eigenvalue weighted by Gasteiger charge is 2.10. The number of unbranched alkanes of at least 4 members (excludes halogenated alkanes) is 3. The first kappa shape index (κ1) is 18.8. The molecule has 0 saturated heterocycles. The first-order valence-electron chi connectivity index (χ1n) is 7.78.